The minimum absolute atomic E-state index is 0.681. The Balaban J connectivity index is 2.28. The average Bonchev–Trinajstić information content (AvgIpc) is 2.71. The van der Waals surface area contributed by atoms with Gasteiger partial charge in [-0.1, -0.05) is 33.7 Å². The van der Waals surface area contributed by atoms with Crippen molar-refractivity contribution in [1.29, 1.82) is 0 Å². The third-order valence-electron chi connectivity index (χ3n) is 1.40. The van der Waals surface area contributed by atoms with Crippen molar-refractivity contribution < 1.29 is 0 Å². The van der Waals surface area contributed by atoms with Gasteiger partial charge in [-0.05, 0) is 17.7 Å². The fourth-order valence-corrected chi connectivity index (χ4v) is 2.22. The van der Waals surface area contributed by atoms with Crippen molar-refractivity contribution >= 4 is 27.3 Å². The van der Waals surface area contributed by atoms with E-state index < -0.39 is 0 Å². The standard InChI is InChI=1S/C7H7NS2/c8-6-3-1-5(2-4-6)7-9-10-7/h1-4,7H,8H2. The van der Waals surface area contributed by atoms with Gasteiger partial charge in [0, 0.05) is 5.69 Å². The zero-order valence-electron chi connectivity index (χ0n) is 5.28. The third-order valence-corrected chi connectivity index (χ3v) is 3.49. The first-order chi connectivity index (χ1) is 4.86. The molecule has 1 aliphatic heterocycles. The topological polar surface area (TPSA) is 26.0 Å². The van der Waals surface area contributed by atoms with Crippen LogP contribution in [-0.4, -0.2) is 0 Å². The van der Waals surface area contributed by atoms with Crippen molar-refractivity contribution in [3.63, 3.8) is 0 Å². The lowest BCUT2D eigenvalue weighted by atomic mass is 10.2. The fourth-order valence-electron chi connectivity index (χ4n) is 0.792. The second-order valence-corrected chi connectivity index (χ2v) is 4.97. The second kappa shape index (κ2) is 2.40. The molecule has 52 valence electrons. The molecule has 2 rings (SSSR count). The van der Waals surface area contributed by atoms with E-state index in [2.05, 4.69) is 12.1 Å². The monoisotopic (exact) mass is 169 g/mol. The van der Waals surface area contributed by atoms with Gasteiger partial charge >= 0.3 is 0 Å². The Morgan fingerprint density at radius 1 is 1.10 bits per heavy atom. The highest BCUT2D eigenvalue weighted by molar-refractivity contribution is 8.92. The average molecular weight is 169 g/mol. The first-order valence-corrected chi connectivity index (χ1v) is 5.31. The first-order valence-electron chi connectivity index (χ1n) is 3.04. The van der Waals surface area contributed by atoms with Gasteiger partial charge in [-0.25, -0.2) is 0 Å². The van der Waals surface area contributed by atoms with Crippen molar-refractivity contribution in [2.24, 2.45) is 0 Å². The molecular weight excluding hydrogens is 162 g/mol. The van der Waals surface area contributed by atoms with Crippen LogP contribution in [-0.2, 0) is 0 Å². The van der Waals surface area contributed by atoms with Crippen LogP contribution in [0, 0.1) is 0 Å². The van der Waals surface area contributed by atoms with Gasteiger partial charge in [0.2, 0.25) is 0 Å². The molecular formula is C7H7NS2. The van der Waals surface area contributed by atoms with Crippen molar-refractivity contribution in [3.8, 4) is 0 Å². The van der Waals surface area contributed by atoms with Crippen molar-refractivity contribution in [1.82, 2.24) is 0 Å². The molecule has 0 unspecified atom stereocenters. The Kier molecular flexibility index (Phi) is 1.54. The zero-order chi connectivity index (χ0) is 6.97. The highest BCUT2D eigenvalue weighted by atomic mass is 33.2. The Morgan fingerprint density at radius 3 is 2.20 bits per heavy atom. The zero-order valence-corrected chi connectivity index (χ0v) is 6.91. The molecule has 2 N–H and O–H groups in total. The molecule has 1 saturated heterocycles. The van der Waals surface area contributed by atoms with Crippen LogP contribution in [0.25, 0.3) is 0 Å². The van der Waals surface area contributed by atoms with E-state index in [0.717, 1.165) is 5.69 Å². The Morgan fingerprint density at radius 2 is 1.70 bits per heavy atom. The van der Waals surface area contributed by atoms with E-state index in [-0.39, 0.29) is 0 Å². The Hall–Kier alpha value is -0.280. The van der Waals surface area contributed by atoms with Crippen LogP contribution >= 0.6 is 21.6 Å². The van der Waals surface area contributed by atoms with Crippen molar-refractivity contribution in [2.45, 2.75) is 4.58 Å². The second-order valence-electron chi connectivity index (χ2n) is 2.19. The quantitative estimate of drug-likeness (QED) is 0.397. The number of nitrogens with two attached hydrogens (primary N) is 1. The summed E-state index contributed by atoms with van der Waals surface area (Å²) < 4.78 is 0.681. The van der Waals surface area contributed by atoms with Crippen LogP contribution in [0.4, 0.5) is 5.69 Å². The van der Waals surface area contributed by atoms with Crippen LogP contribution in [0.3, 0.4) is 0 Å². The number of hydrogen-bond donors (Lipinski definition) is 1. The molecule has 0 amide bonds. The molecule has 1 heterocycles. The molecule has 1 aliphatic rings. The molecule has 0 atom stereocenters. The number of benzene rings is 1. The van der Waals surface area contributed by atoms with Gasteiger partial charge < -0.3 is 5.73 Å². The highest BCUT2D eigenvalue weighted by Crippen LogP contribution is 2.65. The molecule has 1 aromatic carbocycles. The summed E-state index contributed by atoms with van der Waals surface area (Å²) >= 11 is 0. The molecule has 0 radical (unpaired) electrons. The van der Waals surface area contributed by atoms with E-state index in [1.165, 1.54) is 5.56 Å². The highest BCUT2D eigenvalue weighted by Gasteiger charge is 2.25. The van der Waals surface area contributed by atoms with Crippen LogP contribution in [0.1, 0.15) is 10.1 Å². The SMILES string of the molecule is Nc1ccc(C2SS2)cc1. The molecule has 1 nitrogen and oxygen atoms in total. The van der Waals surface area contributed by atoms with Crippen LogP contribution < -0.4 is 5.73 Å². The molecule has 1 aromatic rings. The summed E-state index contributed by atoms with van der Waals surface area (Å²) in [4.78, 5) is 0. The summed E-state index contributed by atoms with van der Waals surface area (Å²) in [5, 5.41) is 0. The van der Waals surface area contributed by atoms with E-state index in [1.54, 1.807) is 0 Å². The molecule has 0 aromatic heterocycles. The Labute approximate surface area is 67.8 Å². The molecule has 3 heteroatoms. The lowest BCUT2D eigenvalue weighted by molar-refractivity contribution is 1.42. The summed E-state index contributed by atoms with van der Waals surface area (Å²) in [5.41, 5.74) is 7.76. The van der Waals surface area contributed by atoms with Gasteiger partial charge in [0.1, 0.15) is 0 Å². The predicted octanol–water partition coefficient (Wildman–Crippen LogP) is 2.66. The van der Waals surface area contributed by atoms with Gasteiger partial charge in [-0.15, -0.1) is 0 Å². The summed E-state index contributed by atoms with van der Waals surface area (Å²) in [7, 11) is 3.81. The number of hydrogen-bond acceptors (Lipinski definition) is 3. The molecule has 0 spiro atoms. The minimum atomic E-state index is 0.681. The maximum Gasteiger partial charge on any atom is 0.0959 e. The van der Waals surface area contributed by atoms with Crippen LogP contribution in [0.2, 0.25) is 0 Å². The molecule has 0 saturated carbocycles. The van der Waals surface area contributed by atoms with E-state index in [0.29, 0.717) is 4.58 Å². The summed E-state index contributed by atoms with van der Waals surface area (Å²) in [6.07, 6.45) is 0. The lowest BCUT2D eigenvalue weighted by Gasteiger charge is -1.94. The minimum Gasteiger partial charge on any atom is -0.399 e. The fraction of sp³-hybridized carbons (Fsp3) is 0.143. The summed E-state index contributed by atoms with van der Waals surface area (Å²) in [6, 6.07) is 8.09. The van der Waals surface area contributed by atoms with Crippen molar-refractivity contribution in [2.75, 3.05) is 5.73 Å². The molecule has 1 fully saturated rings. The van der Waals surface area contributed by atoms with Gasteiger partial charge in [-0.3, -0.25) is 0 Å². The van der Waals surface area contributed by atoms with E-state index in [9.17, 15) is 0 Å². The Bertz CT molecular complexity index is 228. The largest absolute Gasteiger partial charge is 0.399 e. The van der Waals surface area contributed by atoms with E-state index in [1.807, 2.05) is 33.7 Å². The van der Waals surface area contributed by atoms with E-state index in [4.69, 9.17) is 5.73 Å². The smallest absolute Gasteiger partial charge is 0.0959 e. The molecule has 0 aliphatic carbocycles. The number of rotatable bonds is 1. The third kappa shape index (κ3) is 1.25. The number of nitrogen functional groups attached to an aromatic ring is 1. The maximum atomic E-state index is 5.53. The van der Waals surface area contributed by atoms with Gasteiger partial charge in [0.05, 0.1) is 4.58 Å². The summed E-state index contributed by atoms with van der Waals surface area (Å²) in [5.74, 6) is 0. The van der Waals surface area contributed by atoms with Crippen LogP contribution in [0.15, 0.2) is 24.3 Å². The van der Waals surface area contributed by atoms with Gasteiger partial charge in [-0.2, -0.15) is 0 Å². The van der Waals surface area contributed by atoms with E-state index >= 15 is 0 Å². The van der Waals surface area contributed by atoms with Gasteiger partial charge in [0.25, 0.3) is 0 Å². The lowest BCUT2D eigenvalue weighted by Crippen LogP contribution is -1.83. The van der Waals surface area contributed by atoms with Crippen molar-refractivity contribution in [3.05, 3.63) is 29.8 Å². The molecule has 10 heavy (non-hydrogen) atoms. The molecule has 0 bridgehead atoms. The first kappa shape index (κ1) is 6.43. The van der Waals surface area contributed by atoms with Crippen LogP contribution in [0.5, 0.6) is 0 Å². The normalized spacial score (nSPS) is 17.2. The predicted molar refractivity (Wildman–Crippen MR) is 48.8 cm³/mol. The number of anilines is 1. The van der Waals surface area contributed by atoms with Gasteiger partial charge in [0.15, 0.2) is 0 Å². The summed E-state index contributed by atoms with van der Waals surface area (Å²) in [6.45, 7) is 0. The maximum absolute atomic E-state index is 5.53.